The van der Waals surface area contributed by atoms with Crippen LogP contribution in [0.2, 0.25) is 0 Å². The molecule has 0 saturated heterocycles. The molecule has 2 rings (SSSR count). The Kier molecular flexibility index (Phi) is 6.36. The predicted octanol–water partition coefficient (Wildman–Crippen LogP) is 1.54. The number of benzene rings is 2. The molecule has 114 valence electrons. The average Bonchev–Trinajstić information content (AvgIpc) is 2.55. The molecule has 0 aliphatic heterocycles. The highest BCUT2D eigenvalue weighted by Crippen LogP contribution is 2.15. The van der Waals surface area contributed by atoms with Crippen LogP contribution in [0, 0.1) is 0 Å². The molecule has 0 heterocycles. The third-order valence-electron chi connectivity index (χ3n) is 2.85. The molecule has 0 amide bonds. The first-order valence-corrected chi connectivity index (χ1v) is 7.91. The van der Waals surface area contributed by atoms with Gasteiger partial charge in [0.15, 0.2) is 6.21 Å². The molecule has 0 aliphatic rings. The van der Waals surface area contributed by atoms with E-state index >= 15 is 0 Å². The SMILES string of the molecule is CNC(=S)N[NH+]=Cc1ccc(OCc2ccc(Br)cc2)cc1. The summed E-state index contributed by atoms with van der Waals surface area (Å²) in [6.45, 7) is 0.548. The van der Waals surface area contributed by atoms with Crippen LogP contribution in [0.25, 0.3) is 0 Å². The Morgan fingerprint density at radius 3 is 2.50 bits per heavy atom. The van der Waals surface area contributed by atoms with E-state index in [0.29, 0.717) is 11.7 Å². The predicted molar refractivity (Wildman–Crippen MR) is 95.8 cm³/mol. The minimum atomic E-state index is 0.533. The molecule has 2 aromatic rings. The van der Waals surface area contributed by atoms with Crippen molar-refractivity contribution in [2.24, 2.45) is 0 Å². The minimum absolute atomic E-state index is 0.533. The summed E-state index contributed by atoms with van der Waals surface area (Å²) in [7, 11) is 1.76. The Hall–Kier alpha value is -1.92. The Balaban J connectivity index is 1.86. The number of hydrogen-bond donors (Lipinski definition) is 3. The van der Waals surface area contributed by atoms with Crippen LogP contribution < -0.4 is 20.6 Å². The summed E-state index contributed by atoms with van der Waals surface area (Å²) in [5, 5.41) is 6.26. The Morgan fingerprint density at radius 1 is 1.18 bits per heavy atom. The van der Waals surface area contributed by atoms with Crippen LogP contribution in [-0.2, 0) is 6.61 Å². The van der Waals surface area contributed by atoms with Crippen molar-refractivity contribution in [3.63, 3.8) is 0 Å². The lowest BCUT2D eigenvalue weighted by molar-refractivity contribution is -0.500. The van der Waals surface area contributed by atoms with Crippen molar-refractivity contribution in [1.29, 1.82) is 0 Å². The van der Waals surface area contributed by atoms with E-state index in [2.05, 4.69) is 31.8 Å². The van der Waals surface area contributed by atoms with Crippen LogP contribution in [0.4, 0.5) is 0 Å². The molecular formula is C16H17BrN3OS+. The van der Waals surface area contributed by atoms with Crippen molar-refractivity contribution in [3.05, 3.63) is 64.1 Å². The third kappa shape index (κ3) is 5.46. The summed E-state index contributed by atoms with van der Waals surface area (Å²) < 4.78 is 6.82. The first-order chi connectivity index (χ1) is 10.7. The third-order valence-corrected chi connectivity index (χ3v) is 3.69. The Bertz CT molecular complexity index is 641. The molecule has 0 aliphatic carbocycles. The molecule has 6 heteroatoms. The Morgan fingerprint density at radius 2 is 1.86 bits per heavy atom. The average molecular weight is 379 g/mol. The van der Waals surface area contributed by atoms with Crippen molar-refractivity contribution < 1.29 is 9.84 Å². The van der Waals surface area contributed by atoms with Gasteiger partial charge in [0.1, 0.15) is 12.4 Å². The summed E-state index contributed by atoms with van der Waals surface area (Å²) in [5.41, 5.74) is 4.97. The largest absolute Gasteiger partial charge is 0.489 e. The molecule has 0 spiro atoms. The monoisotopic (exact) mass is 378 g/mol. The maximum atomic E-state index is 5.75. The van der Waals surface area contributed by atoms with Gasteiger partial charge in [-0.15, -0.1) is 10.5 Å². The fourth-order valence-electron chi connectivity index (χ4n) is 1.66. The van der Waals surface area contributed by atoms with Crippen molar-refractivity contribution in [1.82, 2.24) is 10.7 Å². The van der Waals surface area contributed by atoms with Crippen LogP contribution in [0.15, 0.2) is 53.0 Å². The maximum Gasteiger partial charge on any atom is 0.223 e. The van der Waals surface area contributed by atoms with Gasteiger partial charge in [-0.3, -0.25) is 0 Å². The first-order valence-electron chi connectivity index (χ1n) is 6.71. The van der Waals surface area contributed by atoms with Crippen LogP contribution in [0.5, 0.6) is 5.75 Å². The van der Waals surface area contributed by atoms with E-state index in [1.165, 1.54) is 0 Å². The first kappa shape index (κ1) is 16.5. The lowest BCUT2D eigenvalue weighted by atomic mass is 10.2. The summed E-state index contributed by atoms with van der Waals surface area (Å²) in [6.07, 6.45) is 1.82. The maximum absolute atomic E-state index is 5.75. The number of thiocarbonyl (C=S) groups is 1. The molecule has 0 aromatic heterocycles. The molecular weight excluding hydrogens is 362 g/mol. The summed E-state index contributed by atoms with van der Waals surface area (Å²) in [4.78, 5) is 0. The van der Waals surface area contributed by atoms with Gasteiger partial charge >= 0.3 is 0 Å². The number of halogens is 1. The highest BCUT2D eigenvalue weighted by molar-refractivity contribution is 9.10. The van der Waals surface area contributed by atoms with Gasteiger partial charge in [0.05, 0.1) is 0 Å². The van der Waals surface area contributed by atoms with Gasteiger partial charge in [-0.1, -0.05) is 28.1 Å². The van der Waals surface area contributed by atoms with Gasteiger partial charge in [0, 0.05) is 17.1 Å². The second-order valence-corrected chi connectivity index (χ2v) is 5.80. The van der Waals surface area contributed by atoms with Crippen LogP contribution in [-0.4, -0.2) is 18.4 Å². The molecule has 0 fully saturated rings. The van der Waals surface area contributed by atoms with Gasteiger partial charge in [-0.25, -0.2) is 0 Å². The van der Waals surface area contributed by atoms with E-state index in [-0.39, 0.29) is 0 Å². The summed E-state index contributed by atoms with van der Waals surface area (Å²) >= 11 is 8.37. The molecule has 0 unspecified atom stereocenters. The molecule has 0 radical (unpaired) electrons. The quantitative estimate of drug-likeness (QED) is 0.419. The van der Waals surface area contributed by atoms with E-state index in [0.717, 1.165) is 21.3 Å². The number of hydrazine groups is 1. The molecule has 0 atom stereocenters. The Labute approximate surface area is 143 Å². The molecule has 2 aromatic carbocycles. The highest BCUT2D eigenvalue weighted by Gasteiger charge is 1.98. The molecule has 22 heavy (non-hydrogen) atoms. The fraction of sp³-hybridized carbons (Fsp3) is 0.125. The van der Waals surface area contributed by atoms with Gasteiger partial charge in [-0.05, 0) is 54.2 Å². The highest BCUT2D eigenvalue weighted by atomic mass is 79.9. The standard InChI is InChI=1S/C16H16BrN3OS/c1-18-16(22)20-19-10-12-4-8-15(9-5-12)21-11-13-2-6-14(17)7-3-13/h2-10H,11H2,1H3,(H2,18,20,22)/p+1. The zero-order chi connectivity index (χ0) is 15.8. The number of rotatable bonds is 5. The lowest BCUT2D eigenvalue weighted by Crippen LogP contribution is -2.82. The van der Waals surface area contributed by atoms with E-state index in [1.807, 2.05) is 54.7 Å². The van der Waals surface area contributed by atoms with Crippen LogP contribution in [0.3, 0.4) is 0 Å². The number of ether oxygens (including phenoxy) is 1. The van der Waals surface area contributed by atoms with Crippen molar-refractivity contribution >= 4 is 39.5 Å². The topological polar surface area (TPSA) is 47.3 Å². The number of nitrogens with one attached hydrogen (secondary N) is 3. The smallest absolute Gasteiger partial charge is 0.223 e. The molecule has 0 bridgehead atoms. The van der Waals surface area contributed by atoms with Gasteiger partial charge in [-0.2, -0.15) is 0 Å². The lowest BCUT2D eigenvalue weighted by Gasteiger charge is -2.06. The second-order valence-electron chi connectivity index (χ2n) is 4.48. The van der Waals surface area contributed by atoms with E-state index in [9.17, 15) is 0 Å². The normalized spacial score (nSPS) is 10.5. The van der Waals surface area contributed by atoms with Crippen LogP contribution in [0.1, 0.15) is 11.1 Å². The summed E-state index contributed by atoms with van der Waals surface area (Å²) in [6, 6.07) is 15.9. The number of hydrogen-bond acceptors (Lipinski definition) is 2. The van der Waals surface area contributed by atoms with E-state index in [4.69, 9.17) is 17.0 Å². The minimum Gasteiger partial charge on any atom is -0.489 e. The van der Waals surface area contributed by atoms with Gasteiger partial charge in [0.25, 0.3) is 0 Å². The fourth-order valence-corrected chi connectivity index (χ4v) is 1.98. The van der Waals surface area contributed by atoms with Crippen molar-refractivity contribution in [2.45, 2.75) is 6.61 Å². The van der Waals surface area contributed by atoms with Gasteiger partial charge in [0.2, 0.25) is 5.11 Å². The van der Waals surface area contributed by atoms with Crippen molar-refractivity contribution in [2.75, 3.05) is 7.05 Å². The molecule has 0 saturated carbocycles. The van der Waals surface area contributed by atoms with Crippen LogP contribution >= 0.6 is 28.1 Å². The second kappa shape index (κ2) is 8.51. The zero-order valence-electron chi connectivity index (χ0n) is 12.1. The summed E-state index contributed by atoms with van der Waals surface area (Å²) in [5.74, 6) is 0.832. The van der Waals surface area contributed by atoms with E-state index < -0.39 is 0 Å². The molecule has 4 nitrogen and oxygen atoms in total. The van der Waals surface area contributed by atoms with Crippen molar-refractivity contribution in [3.8, 4) is 5.75 Å². The zero-order valence-corrected chi connectivity index (χ0v) is 14.5. The van der Waals surface area contributed by atoms with E-state index in [1.54, 1.807) is 7.05 Å². The number of hydrazone groups is 1. The van der Waals surface area contributed by atoms with Gasteiger partial charge < -0.3 is 10.1 Å². The molecule has 3 N–H and O–H groups in total.